The van der Waals surface area contributed by atoms with Crippen molar-refractivity contribution in [2.45, 2.75) is 14.0 Å². The minimum Gasteiger partial charge on any atom is -0.384 e. The molecule has 4 N–H and O–H groups in total. The molecule has 0 atom stereocenters. The standard InChI is InChI=1S/C7H10Cl6N4.ClH/c8-6(9,10)4(14)16-2-1-3-17-5(15)7(11,12)13;/h1-3H2,(H2,14,16)(H2,15,17);1H. The summed E-state index contributed by atoms with van der Waals surface area (Å²) in [6.45, 7) is 0.725. The number of nitrogens with zero attached hydrogens (tertiary/aromatic N) is 1. The van der Waals surface area contributed by atoms with Crippen LogP contribution in [0.15, 0.2) is 4.99 Å². The maximum atomic E-state index is 7.33. The maximum absolute atomic E-state index is 7.33. The Balaban J connectivity index is 0. The third-order valence-corrected chi connectivity index (χ3v) is 2.64. The number of rotatable bonds is 4. The van der Waals surface area contributed by atoms with E-state index in [2.05, 4.69) is 10.3 Å². The number of nitrogens with one attached hydrogen (secondary N) is 2. The molecular weight excluding hydrogens is 388 g/mol. The molecule has 108 valence electrons. The van der Waals surface area contributed by atoms with Gasteiger partial charge in [0.15, 0.2) is 0 Å². The van der Waals surface area contributed by atoms with Crippen LogP contribution in [0.1, 0.15) is 6.42 Å². The van der Waals surface area contributed by atoms with Gasteiger partial charge in [0.25, 0.3) is 0 Å². The van der Waals surface area contributed by atoms with Crippen molar-refractivity contribution in [1.82, 2.24) is 5.32 Å². The highest BCUT2D eigenvalue weighted by molar-refractivity contribution is 6.77. The normalized spacial score (nSPS) is 12.9. The molecule has 18 heavy (non-hydrogen) atoms. The second-order valence-corrected chi connectivity index (χ2v) is 7.48. The van der Waals surface area contributed by atoms with Crippen LogP contribution < -0.4 is 11.1 Å². The molecule has 0 spiro atoms. The number of alkyl halides is 6. The lowest BCUT2D eigenvalue weighted by atomic mass is 10.4. The summed E-state index contributed by atoms with van der Waals surface area (Å²) in [6.07, 6.45) is 0.546. The van der Waals surface area contributed by atoms with Crippen molar-refractivity contribution in [3.05, 3.63) is 0 Å². The average Bonchev–Trinajstić information content (AvgIpc) is 2.13. The summed E-state index contributed by atoms with van der Waals surface area (Å²) in [5.41, 5.74) is 5.39. The SMILES string of the molecule is Cl.N=C(NCCCN=C(N)C(Cl)(Cl)Cl)C(Cl)(Cl)Cl. The van der Waals surface area contributed by atoms with Gasteiger partial charge >= 0.3 is 0 Å². The highest BCUT2D eigenvalue weighted by atomic mass is 35.6. The fourth-order valence-corrected chi connectivity index (χ4v) is 1.06. The van der Waals surface area contributed by atoms with Crippen LogP contribution in [0, 0.1) is 5.41 Å². The summed E-state index contributed by atoms with van der Waals surface area (Å²) in [6, 6.07) is 0. The van der Waals surface area contributed by atoms with Crippen LogP contribution in [0.4, 0.5) is 0 Å². The lowest BCUT2D eigenvalue weighted by molar-refractivity contribution is 0.775. The highest BCUT2D eigenvalue weighted by Crippen LogP contribution is 2.26. The van der Waals surface area contributed by atoms with Crippen molar-refractivity contribution >= 4 is 93.7 Å². The van der Waals surface area contributed by atoms with Gasteiger partial charge in [0, 0.05) is 13.1 Å². The Morgan fingerprint density at radius 1 is 1.11 bits per heavy atom. The van der Waals surface area contributed by atoms with Crippen LogP contribution in [0.2, 0.25) is 0 Å². The second-order valence-electron chi connectivity index (χ2n) is 2.92. The molecule has 0 aliphatic carbocycles. The first-order valence-corrected chi connectivity index (χ1v) is 6.58. The van der Waals surface area contributed by atoms with Gasteiger partial charge in [-0.3, -0.25) is 10.4 Å². The summed E-state index contributed by atoms with van der Waals surface area (Å²) >= 11 is 32.8. The van der Waals surface area contributed by atoms with Crippen molar-refractivity contribution < 1.29 is 0 Å². The lowest BCUT2D eigenvalue weighted by Crippen LogP contribution is -2.34. The molecule has 0 fully saturated rings. The minimum absolute atomic E-state index is 0. The van der Waals surface area contributed by atoms with Gasteiger partial charge in [-0.15, -0.1) is 12.4 Å². The molecule has 0 aliphatic heterocycles. The van der Waals surface area contributed by atoms with Gasteiger partial charge in [-0.1, -0.05) is 69.6 Å². The molecule has 0 aromatic heterocycles. The molecule has 0 amide bonds. The summed E-state index contributed by atoms with van der Waals surface area (Å²) in [7, 11) is 0. The van der Waals surface area contributed by atoms with Crippen molar-refractivity contribution in [2.24, 2.45) is 10.7 Å². The first-order chi connectivity index (χ1) is 7.55. The van der Waals surface area contributed by atoms with E-state index >= 15 is 0 Å². The van der Waals surface area contributed by atoms with Gasteiger partial charge in [0.05, 0.1) is 0 Å². The molecule has 0 saturated carbocycles. The van der Waals surface area contributed by atoms with Crippen LogP contribution in [-0.4, -0.2) is 32.3 Å². The fourth-order valence-electron chi connectivity index (χ4n) is 0.682. The molecule has 0 aliphatic rings. The molecule has 0 aromatic rings. The minimum atomic E-state index is -1.75. The first kappa shape index (κ1) is 21.3. The Hall–Kier alpha value is 0.970. The van der Waals surface area contributed by atoms with Crippen LogP contribution in [-0.2, 0) is 0 Å². The van der Waals surface area contributed by atoms with Crippen molar-refractivity contribution in [3.8, 4) is 0 Å². The van der Waals surface area contributed by atoms with E-state index in [4.69, 9.17) is 80.7 Å². The number of hydrogen-bond acceptors (Lipinski definition) is 2. The Kier molecular flexibility index (Phi) is 10.6. The Morgan fingerprint density at radius 2 is 1.61 bits per heavy atom. The topological polar surface area (TPSA) is 74.3 Å². The van der Waals surface area contributed by atoms with Crippen LogP contribution >= 0.6 is 82.0 Å². The average molecular weight is 399 g/mol. The number of nitrogens with two attached hydrogens (primary N) is 1. The molecule has 11 heteroatoms. The Bertz CT molecular complexity index is 293. The molecule has 0 heterocycles. The Morgan fingerprint density at radius 3 is 2.00 bits per heavy atom. The van der Waals surface area contributed by atoms with Crippen LogP contribution in [0.3, 0.4) is 0 Å². The molecule has 4 nitrogen and oxygen atoms in total. The van der Waals surface area contributed by atoms with Crippen molar-refractivity contribution in [3.63, 3.8) is 0 Å². The van der Waals surface area contributed by atoms with E-state index in [0.29, 0.717) is 19.5 Å². The summed E-state index contributed by atoms with van der Waals surface area (Å²) in [4.78, 5) is 3.84. The van der Waals surface area contributed by atoms with Gasteiger partial charge in [-0.2, -0.15) is 0 Å². The van der Waals surface area contributed by atoms with Gasteiger partial charge in [-0.25, -0.2) is 0 Å². The zero-order valence-corrected chi connectivity index (χ0v) is 14.2. The zero-order valence-electron chi connectivity index (χ0n) is 8.82. The molecule has 0 bridgehead atoms. The summed E-state index contributed by atoms with van der Waals surface area (Å²) in [5.74, 6) is -0.292. The molecule has 0 unspecified atom stereocenters. The monoisotopic (exact) mass is 396 g/mol. The molecular formula is C7H11Cl7N4. The molecule has 0 aromatic carbocycles. The summed E-state index contributed by atoms with van der Waals surface area (Å²) in [5, 5.41) is 9.94. The van der Waals surface area contributed by atoms with Gasteiger partial charge in [0.1, 0.15) is 11.7 Å². The van der Waals surface area contributed by atoms with Crippen LogP contribution in [0.5, 0.6) is 0 Å². The molecule has 0 rings (SSSR count). The maximum Gasteiger partial charge on any atom is 0.247 e. The van der Waals surface area contributed by atoms with Gasteiger partial charge in [-0.05, 0) is 6.42 Å². The van der Waals surface area contributed by atoms with Gasteiger partial charge < -0.3 is 11.1 Å². The van der Waals surface area contributed by atoms with Crippen LogP contribution in [0.25, 0.3) is 0 Å². The summed E-state index contributed by atoms with van der Waals surface area (Å²) < 4.78 is -3.45. The lowest BCUT2D eigenvalue weighted by Gasteiger charge is -2.14. The van der Waals surface area contributed by atoms with Gasteiger partial charge in [0.2, 0.25) is 7.59 Å². The number of aliphatic imine (C=N–C) groups is 1. The van der Waals surface area contributed by atoms with Crippen molar-refractivity contribution in [1.29, 1.82) is 5.41 Å². The first-order valence-electron chi connectivity index (χ1n) is 4.32. The van der Waals surface area contributed by atoms with E-state index < -0.39 is 7.59 Å². The molecule has 0 saturated heterocycles. The number of halogens is 7. The highest BCUT2D eigenvalue weighted by Gasteiger charge is 2.26. The van der Waals surface area contributed by atoms with E-state index in [1.807, 2.05) is 0 Å². The molecule has 0 radical (unpaired) electrons. The largest absolute Gasteiger partial charge is 0.384 e. The van der Waals surface area contributed by atoms with E-state index in [-0.39, 0.29) is 24.1 Å². The smallest absolute Gasteiger partial charge is 0.247 e. The van der Waals surface area contributed by atoms with E-state index in [9.17, 15) is 0 Å². The number of amidine groups is 2. The third-order valence-electron chi connectivity index (χ3n) is 1.49. The predicted octanol–water partition coefficient (Wildman–Crippen LogP) is 3.46. The zero-order chi connectivity index (χ0) is 13.7. The van der Waals surface area contributed by atoms with E-state index in [1.165, 1.54) is 0 Å². The fraction of sp³-hybridized carbons (Fsp3) is 0.714. The Labute approximate surface area is 141 Å². The van der Waals surface area contributed by atoms with E-state index in [1.54, 1.807) is 0 Å². The number of hydrogen-bond donors (Lipinski definition) is 3. The predicted molar refractivity (Wildman–Crippen MR) is 84.7 cm³/mol. The second kappa shape index (κ2) is 9.01. The quantitative estimate of drug-likeness (QED) is 0.293. The van der Waals surface area contributed by atoms with Crippen molar-refractivity contribution in [2.75, 3.05) is 13.1 Å². The van der Waals surface area contributed by atoms with E-state index in [0.717, 1.165) is 0 Å². The third kappa shape index (κ3) is 9.84.